The molecule has 0 heterocycles. The summed E-state index contributed by atoms with van der Waals surface area (Å²) in [5.74, 6) is -1.38. The molecule has 4 N–H and O–H groups in total. The Labute approximate surface area is 296 Å². The van der Waals surface area contributed by atoms with E-state index in [0.29, 0.717) is 12.8 Å². The van der Waals surface area contributed by atoms with Crippen molar-refractivity contribution >= 4 is 11.9 Å². The van der Waals surface area contributed by atoms with Gasteiger partial charge >= 0.3 is 11.9 Å². The van der Waals surface area contributed by atoms with Crippen molar-refractivity contribution in [1.29, 1.82) is 0 Å². The number of carbonyl (C=O) groups is 2. The normalized spacial score (nSPS) is 13.1. The van der Waals surface area contributed by atoms with Crippen molar-refractivity contribution in [2.75, 3.05) is 0 Å². The summed E-state index contributed by atoms with van der Waals surface area (Å²) in [6.45, 7) is 0. The largest absolute Gasteiger partial charge is 0.481 e. The van der Waals surface area contributed by atoms with Gasteiger partial charge in [-0.15, -0.1) is 0 Å². The lowest BCUT2D eigenvalue weighted by Gasteiger charge is -2.08. The van der Waals surface area contributed by atoms with E-state index in [1.54, 1.807) is 0 Å². The van der Waals surface area contributed by atoms with Crippen LogP contribution in [0.4, 0.5) is 0 Å². The van der Waals surface area contributed by atoms with Gasteiger partial charge in [-0.05, 0) is 64.2 Å². The molecule has 0 saturated carbocycles. The molecule has 2 atom stereocenters. The summed E-state index contributed by atoms with van der Waals surface area (Å²) in [5.41, 5.74) is 0. The quantitative estimate of drug-likeness (QED) is 0.0380. The minimum absolute atomic E-state index is 0.201. The van der Waals surface area contributed by atoms with E-state index >= 15 is 0 Å². The number of unbranched alkanes of at least 4 members (excludes halogenated alkanes) is 25. The van der Waals surface area contributed by atoms with E-state index in [9.17, 15) is 19.8 Å². The minimum atomic E-state index is -0.692. The highest BCUT2D eigenvalue weighted by molar-refractivity contribution is 5.66. The number of aliphatic carboxylic acids is 2. The molecule has 0 aromatic carbocycles. The van der Waals surface area contributed by atoms with Gasteiger partial charge in [-0.2, -0.15) is 0 Å². The molecule has 0 saturated heterocycles. The van der Waals surface area contributed by atoms with E-state index in [4.69, 9.17) is 10.2 Å². The molecule has 48 heavy (non-hydrogen) atoms. The zero-order chi connectivity index (χ0) is 35.2. The van der Waals surface area contributed by atoms with Crippen LogP contribution in [-0.4, -0.2) is 44.6 Å². The second-order valence-electron chi connectivity index (χ2n) is 14.4. The van der Waals surface area contributed by atoms with Crippen LogP contribution in [0.2, 0.25) is 0 Å². The molecule has 0 aliphatic carbocycles. The van der Waals surface area contributed by atoms with Gasteiger partial charge in [-0.1, -0.05) is 166 Å². The average Bonchev–Trinajstić information content (AvgIpc) is 3.05. The maximum Gasteiger partial charge on any atom is 0.303 e. The Hall–Kier alpha value is -1.66. The smallest absolute Gasteiger partial charge is 0.303 e. The number of aliphatic hydroxyl groups is 2. The van der Waals surface area contributed by atoms with Crippen molar-refractivity contribution in [3.63, 3.8) is 0 Å². The topological polar surface area (TPSA) is 115 Å². The van der Waals surface area contributed by atoms with Crippen molar-refractivity contribution in [2.24, 2.45) is 0 Å². The van der Waals surface area contributed by atoms with Gasteiger partial charge < -0.3 is 20.4 Å². The van der Waals surface area contributed by atoms with E-state index in [1.807, 2.05) is 0 Å². The van der Waals surface area contributed by atoms with E-state index in [-0.39, 0.29) is 12.2 Å². The molecular weight excluding hydrogens is 600 g/mol. The molecule has 6 nitrogen and oxygen atoms in total. The van der Waals surface area contributed by atoms with Crippen LogP contribution >= 0.6 is 0 Å². The zero-order valence-corrected chi connectivity index (χ0v) is 31.1. The maximum absolute atomic E-state index is 10.5. The first-order valence-electron chi connectivity index (χ1n) is 20.5. The molecule has 0 fully saturated rings. The second kappa shape index (κ2) is 38.1. The molecule has 6 heteroatoms. The van der Waals surface area contributed by atoms with Gasteiger partial charge in [-0.3, -0.25) is 9.59 Å². The van der Waals surface area contributed by atoms with Gasteiger partial charge in [0.1, 0.15) is 0 Å². The van der Waals surface area contributed by atoms with Gasteiger partial charge in [0, 0.05) is 12.8 Å². The molecule has 0 aromatic rings. The SMILES string of the molecule is O=C(O)CCCCCCCC=CC[C@H](O)CCCCCCCCCCCCCCCCCC[C@@H](O)CC=CCCCCCCCC(=O)O. The fourth-order valence-corrected chi connectivity index (χ4v) is 6.35. The first-order chi connectivity index (χ1) is 23.4. The molecule has 0 aliphatic rings. The Kier molecular flexibility index (Phi) is 36.8. The van der Waals surface area contributed by atoms with Crippen LogP contribution in [0.5, 0.6) is 0 Å². The summed E-state index contributed by atoms with van der Waals surface area (Å²) in [6, 6.07) is 0. The Morgan fingerprint density at radius 1 is 0.354 bits per heavy atom. The van der Waals surface area contributed by atoms with E-state index < -0.39 is 11.9 Å². The second-order valence-corrected chi connectivity index (χ2v) is 14.4. The minimum Gasteiger partial charge on any atom is -0.481 e. The molecule has 0 unspecified atom stereocenters. The van der Waals surface area contributed by atoms with Crippen molar-refractivity contribution in [3.8, 4) is 0 Å². The molecule has 0 bridgehead atoms. The zero-order valence-electron chi connectivity index (χ0n) is 31.1. The van der Waals surface area contributed by atoms with E-state index in [0.717, 1.165) is 116 Å². The number of carboxylic acids is 2. The first-order valence-corrected chi connectivity index (χ1v) is 20.5. The Bertz CT molecular complexity index is 686. The third-order valence-electron chi connectivity index (χ3n) is 9.50. The Morgan fingerprint density at radius 3 is 0.896 bits per heavy atom. The van der Waals surface area contributed by atoms with Crippen LogP contribution in [0.25, 0.3) is 0 Å². The highest BCUT2D eigenvalue weighted by Gasteiger charge is 2.03. The predicted molar refractivity (Wildman–Crippen MR) is 203 cm³/mol. The number of aliphatic hydroxyl groups excluding tert-OH is 2. The summed E-state index contributed by atoms with van der Waals surface area (Å²) in [6.07, 6.45) is 45.8. The molecule has 0 rings (SSSR count). The van der Waals surface area contributed by atoms with Gasteiger partial charge in [0.25, 0.3) is 0 Å². The van der Waals surface area contributed by atoms with Gasteiger partial charge in [-0.25, -0.2) is 0 Å². The highest BCUT2D eigenvalue weighted by atomic mass is 16.4. The summed E-state index contributed by atoms with van der Waals surface area (Å²) in [7, 11) is 0. The van der Waals surface area contributed by atoms with Crippen LogP contribution in [0.3, 0.4) is 0 Å². The molecule has 0 aromatic heterocycles. The van der Waals surface area contributed by atoms with Crippen LogP contribution in [0, 0.1) is 0 Å². The van der Waals surface area contributed by atoms with Gasteiger partial charge in [0.2, 0.25) is 0 Å². The number of allylic oxidation sites excluding steroid dienone is 2. The van der Waals surface area contributed by atoms with Crippen molar-refractivity contribution in [2.45, 2.75) is 231 Å². The van der Waals surface area contributed by atoms with Crippen LogP contribution in [-0.2, 0) is 9.59 Å². The molecule has 282 valence electrons. The monoisotopic (exact) mass is 679 g/mol. The summed E-state index contributed by atoms with van der Waals surface area (Å²) in [4.78, 5) is 21.0. The molecule has 0 spiro atoms. The summed E-state index contributed by atoms with van der Waals surface area (Å²) < 4.78 is 0. The third kappa shape index (κ3) is 40.5. The average molecular weight is 679 g/mol. The number of rotatable bonds is 39. The van der Waals surface area contributed by atoms with Crippen molar-refractivity contribution in [3.05, 3.63) is 24.3 Å². The fourth-order valence-electron chi connectivity index (χ4n) is 6.35. The summed E-state index contributed by atoms with van der Waals surface area (Å²) in [5, 5.41) is 37.7. The van der Waals surface area contributed by atoms with Crippen LogP contribution < -0.4 is 0 Å². The van der Waals surface area contributed by atoms with Crippen molar-refractivity contribution < 1.29 is 30.0 Å². The maximum atomic E-state index is 10.5. The van der Waals surface area contributed by atoms with Gasteiger partial charge in [0.15, 0.2) is 0 Å². The summed E-state index contributed by atoms with van der Waals surface area (Å²) >= 11 is 0. The first kappa shape index (κ1) is 46.3. The number of carboxylic acid groups (broad SMARTS) is 2. The Balaban J connectivity index is 3.28. The predicted octanol–water partition coefficient (Wildman–Crippen LogP) is 12.3. The fraction of sp³-hybridized carbons (Fsp3) is 0.857. The molecule has 0 radical (unpaired) electrons. The van der Waals surface area contributed by atoms with Crippen LogP contribution in [0.1, 0.15) is 218 Å². The van der Waals surface area contributed by atoms with Crippen LogP contribution in [0.15, 0.2) is 24.3 Å². The third-order valence-corrected chi connectivity index (χ3v) is 9.50. The lowest BCUT2D eigenvalue weighted by Crippen LogP contribution is -2.04. The molecule has 0 amide bonds. The highest BCUT2D eigenvalue weighted by Crippen LogP contribution is 2.16. The number of hydrogen-bond acceptors (Lipinski definition) is 4. The van der Waals surface area contributed by atoms with E-state index in [1.165, 1.54) is 89.9 Å². The van der Waals surface area contributed by atoms with Gasteiger partial charge in [0.05, 0.1) is 12.2 Å². The molecular formula is C42H78O6. The molecule has 0 aliphatic heterocycles. The van der Waals surface area contributed by atoms with Crippen molar-refractivity contribution in [1.82, 2.24) is 0 Å². The number of hydrogen-bond donors (Lipinski definition) is 4. The van der Waals surface area contributed by atoms with E-state index in [2.05, 4.69) is 24.3 Å². The lowest BCUT2D eigenvalue weighted by atomic mass is 10.0. The standard InChI is InChI=1S/C42H78O6/c43-39(35-29-23-17-11-13-19-25-31-37-41(45)46)33-27-21-15-9-7-5-3-1-2-4-6-8-10-16-22-28-34-40(44)36-30-24-18-12-14-20-26-32-38-42(47)48/h23-24,29-30,39-40,43-44H,1-22,25-28,31-38H2,(H,45,46)(H,47,48)/t39-,40-/m1/s1. The lowest BCUT2D eigenvalue weighted by molar-refractivity contribution is -0.138. The Morgan fingerprint density at radius 2 is 0.604 bits per heavy atom.